The van der Waals surface area contributed by atoms with Gasteiger partial charge in [-0.15, -0.1) is 0 Å². The molecule has 0 fully saturated rings. The number of benzene rings is 1. The molecule has 1 heterocycles. The number of rotatable bonds is 7. The molecule has 0 saturated carbocycles. The first-order valence-corrected chi connectivity index (χ1v) is 7.98. The van der Waals surface area contributed by atoms with Gasteiger partial charge < -0.3 is 25.7 Å². The Labute approximate surface area is 149 Å². The van der Waals surface area contributed by atoms with Gasteiger partial charge in [0.05, 0.1) is 6.61 Å². The Kier molecular flexibility index (Phi) is 5.66. The standard InChI is InChI=1S/C18H20N2O6/c1-9(2)7-8-26-11-6-4-3-5-10(11)12-13(17(22)23)15(19)20-16(21)14(12)18(24)25/h3-6,9H,7-8H2,1-2H3,(H,22,23)(H,24,25)(H3,19,20,21). The number of para-hydroxylation sites is 1. The summed E-state index contributed by atoms with van der Waals surface area (Å²) in [4.78, 5) is 37.5. The molecule has 1 aromatic carbocycles. The van der Waals surface area contributed by atoms with Crippen LogP contribution in [0.25, 0.3) is 11.1 Å². The summed E-state index contributed by atoms with van der Waals surface area (Å²) in [5.41, 5.74) is 3.40. The van der Waals surface area contributed by atoms with E-state index >= 15 is 0 Å². The van der Waals surface area contributed by atoms with Gasteiger partial charge in [0.2, 0.25) is 0 Å². The molecule has 0 radical (unpaired) electrons. The second kappa shape index (κ2) is 7.73. The van der Waals surface area contributed by atoms with Gasteiger partial charge in [0.25, 0.3) is 5.56 Å². The third kappa shape index (κ3) is 3.85. The third-order valence-electron chi connectivity index (χ3n) is 3.78. The predicted octanol–water partition coefficient (Wildman–Crippen LogP) is 2.45. The Hall–Kier alpha value is -3.29. The highest BCUT2D eigenvalue weighted by atomic mass is 16.5. The van der Waals surface area contributed by atoms with E-state index in [1.165, 1.54) is 6.07 Å². The van der Waals surface area contributed by atoms with Crippen molar-refractivity contribution in [2.75, 3.05) is 12.3 Å². The number of nitrogens with one attached hydrogen (secondary N) is 1. The topological polar surface area (TPSA) is 143 Å². The molecule has 26 heavy (non-hydrogen) atoms. The molecule has 8 nitrogen and oxygen atoms in total. The number of carboxylic acid groups (broad SMARTS) is 2. The molecule has 0 aliphatic heterocycles. The van der Waals surface area contributed by atoms with E-state index in [0.29, 0.717) is 12.5 Å². The molecule has 8 heteroatoms. The summed E-state index contributed by atoms with van der Waals surface area (Å²) in [5, 5.41) is 19.0. The van der Waals surface area contributed by atoms with Gasteiger partial charge in [-0.3, -0.25) is 4.79 Å². The number of pyridine rings is 1. The number of aromatic nitrogens is 1. The summed E-state index contributed by atoms with van der Waals surface area (Å²) in [7, 11) is 0. The summed E-state index contributed by atoms with van der Waals surface area (Å²) >= 11 is 0. The molecule has 1 aromatic heterocycles. The zero-order valence-corrected chi connectivity index (χ0v) is 14.4. The van der Waals surface area contributed by atoms with Crippen LogP contribution >= 0.6 is 0 Å². The summed E-state index contributed by atoms with van der Waals surface area (Å²) in [6.45, 7) is 4.41. The fourth-order valence-electron chi connectivity index (χ4n) is 2.52. The molecular weight excluding hydrogens is 340 g/mol. The highest BCUT2D eigenvalue weighted by Gasteiger charge is 2.28. The molecule has 2 aromatic rings. The van der Waals surface area contributed by atoms with Crippen molar-refractivity contribution in [2.45, 2.75) is 20.3 Å². The maximum atomic E-state index is 12.1. The molecule has 0 aliphatic carbocycles. The van der Waals surface area contributed by atoms with E-state index in [9.17, 15) is 24.6 Å². The second-order valence-corrected chi connectivity index (χ2v) is 6.13. The molecule has 0 aliphatic rings. The Balaban J connectivity index is 2.74. The maximum Gasteiger partial charge on any atom is 0.342 e. The van der Waals surface area contributed by atoms with Crippen LogP contribution in [0.5, 0.6) is 5.75 Å². The average Bonchev–Trinajstić information content (AvgIpc) is 2.53. The number of anilines is 1. The minimum absolute atomic E-state index is 0.184. The van der Waals surface area contributed by atoms with Crippen molar-refractivity contribution in [3.05, 3.63) is 45.7 Å². The number of nitrogens with two attached hydrogens (primary N) is 1. The highest BCUT2D eigenvalue weighted by Crippen LogP contribution is 2.35. The van der Waals surface area contributed by atoms with Gasteiger partial charge in [-0.05, 0) is 18.4 Å². The first-order valence-electron chi connectivity index (χ1n) is 7.98. The summed E-state index contributed by atoms with van der Waals surface area (Å²) in [6, 6.07) is 6.35. The summed E-state index contributed by atoms with van der Waals surface area (Å²) in [6.07, 6.45) is 0.753. The second-order valence-electron chi connectivity index (χ2n) is 6.13. The fourth-order valence-corrected chi connectivity index (χ4v) is 2.52. The van der Waals surface area contributed by atoms with Gasteiger partial charge >= 0.3 is 11.9 Å². The number of hydrogen-bond donors (Lipinski definition) is 4. The Morgan fingerprint density at radius 3 is 2.35 bits per heavy atom. The van der Waals surface area contributed by atoms with Gasteiger partial charge in [-0.25, -0.2) is 9.59 Å². The first-order chi connectivity index (χ1) is 12.2. The minimum Gasteiger partial charge on any atom is -0.493 e. The average molecular weight is 360 g/mol. The van der Waals surface area contributed by atoms with Gasteiger partial charge in [0, 0.05) is 11.1 Å². The van der Waals surface area contributed by atoms with Gasteiger partial charge in [-0.2, -0.15) is 0 Å². The van der Waals surface area contributed by atoms with Crippen molar-refractivity contribution in [1.29, 1.82) is 0 Å². The number of carboxylic acids is 2. The zero-order valence-electron chi connectivity index (χ0n) is 14.4. The molecule has 0 bridgehead atoms. The minimum atomic E-state index is -1.55. The third-order valence-corrected chi connectivity index (χ3v) is 3.78. The van der Waals surface area contributed by atoms with Crippen LogP contribution in [0.15, 0.2) is 29.1 Å². The zero-order chi connectivity index (χ0) is 19.4. The normalized spacial score (nSPS) is 10.7. The smallest absolute Gasteiger partial charge is 0.342 e. The van der Waals surface area contributed by atoms with Crippen molar-refractivity contribution >= 4 is 17.8 Å². The van der Waals surface area contributed by atoms with Crippen molar-refractivity contribution in [3.8, 4) is 16.9 Å². The van der Waals surface area contributed by atoms with Crippen LogP contribution in [-0.4, -0.2) is 33.7 Å². The van der Waals surface area contributed by atoms with E-state index in [0.717, 1.165) is 6.42 Å². The summed E-state index contributed by atoms with van der Waals surface area (Å²) in [5.74, 6) is -2.75. The van der Waals surface area contributed by atoms with E-state index in [2.05, 4.69) is 4.98 Å². The molecule has 0 unspecified atom stereocenters. The maximum absolute atomic E-state index is 12.1. The van der Waals surface area contributed by atoms with Crippen LogP contribution in [0, 0.1) is 5.92 Å². The lowest BCUT2D eigenvalue weighted by Crippen LogP contribution is -2.24. The van der Waals surface area contributed by atoms with E-state index in [1.807, 2.05) is 13.8 Å². The lowest BCUT2D eigenvalue weighted by atomic mass is 9.94. The van der Waals surface area contributed by atoms with E-state index in [-0.39, 0.29) is 16.9 Å². The van der Waals surface area contributed by atoms with Gasteiger partial charge in [-0.1, -0.05) is 32.0 Å². The van der Waals surface area contributed by atoms with E-state index < -0.39 is 34.4 Å². The number of carbonyl (C=O) groups is 2. The van der Waals surface area contributed by atoms with Crippen molar-refractivity contribution < 1.29 is 24.5 Å². The molecule has 2 rings (SSSR count). The highest BCUT2D eigenvalue weighted by molar-refractivity contribution is 6.08. The van der Waals surface area contributed by atoms with Gasteiger partial charge in [0.15, 0.2) is 0 Å². The lowest BCUT2D eigenvalue weighted by Gasteiger charge is -2.16. The van der Waals surface area contributed by atoms with Crippen LogP contribution in [0.4, 0.5) is 5.82 Å². The molecule has 5 N–H and O–H groups in total. The number of aromatic carboxylic acids is 2. The van der Waals surface area contributed by atoms with Gasteiger partial charge in [0.1, 0.15) is 22.7 Å². The van der Waals surface area contributed by atoms with Crippen molar-refractivity contribution in [1.82, 2.24) is 4.98 Å². The number of aromatic amines is 1. The number of ether oxygens (including phenoxy) is 1. The van der Waals surface area contributed by atoms with Crippen LogP contribution in [-0.2, 0) is 0 Å². The van der Waals surface area contributed by atoms with Crippen LogP contribution in [0.3, 0.4) is 0 Å². The molecule has 0 atom stereocenters. The number of hydrogen-bond acceptors (Lipinski definition) is 5. The first kappa shape index (κ1) is 19.0. The molecule has 0 amide bonds. The predicted molar refractivity (Wildman–Crippen MR) is 95.8 cm³/mol. The van der Waals surface area contributed by atoms with E-state index in [1.54, 1.807) is 18.2 Å². The molecule has 0 spiro atoms. The Morgan fingerprint density at radius 2 is 1.77 bits per heavy atom. The van der Waals surface area contributed by atoms with E-state index in [4.69, 9.17) is 10.5 Å². The summed E-state index contributed by atoms with van der Waals surface area (Å²) < 4.78 is 5.71. The number of H-pyrrole nitrogens is 1. The molecular formula is C18H20N2O6. The fraction of sp³-hybridized carbons (Fsp3) is 0.278. The largest absolute Gasteiger partial charge is 0.493 e. The Morgan fingerprint density at radius 1 is 1.15 bits per heavy atom. The van der Waals surface area contributed by atoms with Crippen molar-refractivity contribution in [2.24, 2.45) is 5.92 Å². The lowest BCUT2D eigenvalue weighted by molar-refractivity contribution is 0.0695. The molecule has 138 valence electrons. The molecule has 0 saturated heterocycles. The van der Waals surface area contributed by atoms with Crippen LogP contribution in [0.1, 0.15) is 41.0 Å². The van der Waals surface area contributed by atoms with Crippen LogP contribution in [0.2, 0.25) is 0 Å². The monoisotopic (exact) mass is 360 g/mol. The Bertz CT molecular complexity index is 901. The SMILES string of the molecule is CC(C)CCOc1ccccc1-c1c(C(=O)O)c(N)[nH]c(=O)c1C(=O)O. The van der Waals surface area contributed by atoms with Crippen LogP contribution < -0.4 is 16.0 Å². The number of nitrogen functional groups attached to an aromatic ring is 1. The van der Waals surface area contributed by atoms with Crippen molar-refractivity contribution in [3.63, 3.8) is 0 Å². The quantitative estimate of drug-likeness (QED) is 0.594.